The van der Waals surface area contributed by atoms with Gasteiger partial charge in [0, 0.05) is 52.5 Å². The van der Waals surface area contributed by atoms with E-state index in [1.165, 1.54) is 0 Å². The molecule has 2 rings (SSSR count). The van der Waals surface area contributed by atoms with Gasteiger partial charge in [-0.25, -0.2) is 13.1 Å². The molecule has 0 spiro atoms. The van der Waals surface area contributed by atoms with Crippen molar-refractivity contribution in [2.24, 2.45) is 12.0 Å². The zero-order valence-electron chi connectivity index (χ0n) is 14.5. The number of piperidine rings is 1. The van der Waals surface area contributed by atoms with Crippen LogP contribution in [0.25, 0.3) is 0 Å². The Morgan fingerprint density at radius 2 is 2.25 bits per heavy atom. The number of aromatic nitrogens is 2. The van der Waals surface area contributed by atoms with Gasteiger partial charge in [-0.15, -0.1) is 0 Å². The first-order valence-corrected chi connectivity index (χ1v) is 9.92. The van der Waals surface area contributed by atoms with Gasteiger partial charge in [0.15, 0.2) is 5.96 Å². The average molecular weight is 357 g/mol. The van der Waals surface area contributed by atoms with Gasteiger partial charge in [0.2, 0.25) is 10.0 Å². The van der Waals surface area contributed by atoms with E-state index in [9.17, 15) is 8.42 Å². The molecule has 1 aliphatic heterocycles. The van der Waals surface area contributed by atoms with Crippen molar-refractivity contribution in [3.63, 3.8) is 0 Å². The number of aliphatic imine (C=N–C) groups is 1. The molecule has 0 aliphatic carbocycles. The van der Waals surface area contributed by atoms with Crippen molar-refractivity contribution < 1.29 is 8.42 Å². The van der Waals surface area contributed by atoms with E-state index in [0.29, 0.717) is 19.0 Å². The summed E-state index contributed by atoms with van der Waals surface area (Å²) in [6, 6.07) is 0.285. The summed E-state index contributed by atoms with van der Waals surface area (Å²) in [6.45, 7) is 2.71. The predicted octanol–water partition coefficient (Wildman–Crippen LogP) is -0.897. The Hall–Kier alpha value is -1.81. The van der Waals surface area contributed by atoms with Crippen LogP contribution in [0.2, 0.25) is 0 Å². The molecule has 9 nitrogen and oxygen atoms in total. The van der Waals surface area contributed by atoms with Gasteiger partial charge in [0.25, 0.3) is 0 Å². The maximum absolute atomic E-state index is 11.0. The fourth-order valence-electron chi connectivity index (χ4n) is 2.71. The van der Waals surface area contributed by atoms with Crippen molar-refractivity contribution >= 4 is 21.7 Å². The van der Waals surface area contributed by atoms with E-state index in [0.717, 1.165) is 37.9 Å². The first-order chi connectivity index (χ1) is 11.4. The van der Waals surface area contributed by atoms with Crippen LogP contribution >= 0.6 is 0 Å². The summed E-state index contributed by atoms with van der Waals surface area (Å²) >= 11 is 0. The second-order valence-electron chi connectivity index (χ2n) is 5.97. The van der Waals surface area contributed by atoms with Crippen LogP contribution in [0, 0.1) is 0 Å². The summed E-state index contributed by atoms with van der Waals surface area (Å²) in [4.78, 5) is 6.51. The van der Waals surface area contributed by atoms with Gasteiger partial charge in [-0.2, -0.15) is 5.10 Å². The van der Waals surface area contributed by atoms with E-state index in [-0.39, 0.29) is 6.04 Å². The van der Waals surface area contributed by atoms with Gasteiger partial charge in [0.05, 0.1) is 18.1 Å². The quantitative estimate of drug-likeness (QED) is 0.346. The standard InChI is InChI=1S/C14H27N7O2S/c1-15-14(16-6-7-18-24(3,22)23)19-12-5-4-8-21(10-12)13-9-17-20(2)11-13/h9,11-12,18H,4-8,10H2,1-3H3,(H2,15,16,19). The summed E-state index contributed by atoms with van der Waals surface area (Å²) in [7, 11) is 0.469. The SMILES string of the molecule is CN=C(NCCNS(C)(=O)=O)NC1CCCN(c2cnn(C)c2)C1. The first kappa shape index (κ1) is 18.5. The fourth-order valence-corrected chi connectivity index (χ4v) is 3.18. The first-order valence-electron chi connectivity index (χ1n) is 8.03. The number of anilines is 1. The third-order valence-electron chi connectivity index (χ3n) is 3.82. The van der Waals surface area contributed by atoms with Crippen LogP contribution in [0.5, 0.6) is 0 Å². The highest BCUT2D eigenvalue weighted by molar-refractivity contribution is 7.88. The van der Waals surface area contributed by atoms with Crippen molar-refractivity contribution in [2.45, 2.75) is 18.9 Å². The summed E-state index contributed by atoms with van der Waals surface area (Å²) < 4.78 is 26.3. The lowest BCUT2D eigenvalue weighted by Crippen LogP contribution is -2.52. The number of nitrogens with zero attached hydrogens (tertiary/aromatic N) is 4. The highest BCUT2D eigenvalue weighted by atomic mass is 32.2. The molecule has 0 aromatic carbocycles. The molecule has 1 fully saturated rings. The molecule has 10 heteroatoms. The van der Waals surface area contributed by atoms with E-state index in [2.05, 4.69) is 30.3 Å². The number of sulfonamides is 1. The van der Waals surface area contributed by atoms with Gasteiger partial charge in [0.1, 0.15) is 0 Å². The topological polar surface area (TPSA) is 104 Å². The Kier molecular flexibility index (Phi) is 6.44. The number of hydrogen-bond acceptors (Lipinski definition) is 5. The van der Waals surface area contributed by atoms with Crippen LogP contribution in [0.4, 0.5) is 5.69 Å². The molecule has 1 atom stereocenters. The van der Waals surface area contributed by atoms with E-state index in [4.69, 9.17) is 0 Å². The molecule has 2 heterocycles. The molecule has 1 aromatic rings. The summed E-state index contributed by atoms with van der Waals surface area (Å²) in [6.07, 6.45) is 7.21. The molecular weight excluding hydrogens is 330 g/mol. The number of rotatable bonds is 6. The van der Waals surface area contributed by atoms with Crippen LogP contribution in [-0.4, -0.2) is 69.7 Å². The molecule has 24 heavy (non-hydrogen) atoms. The molecular formula is C14H27N7O2S. The van der Waals surface area contributed by atoms with Gasteiger partial charge >= 0.3 is 0 Å². The van der Waals surface area contributed by atoms with Gasteiger partial charge in [-0.05, 0) is 12.8 Å². The van der Waals surface area contributed by atoms with Crippen LogP contribution in [0.3, 0.4) is 0 Å². The lowest BCUT2D eigenvalue weighted by molar-refractivity contribution is 0.468. The van der Waals surface area contributed by atoms with E-state index >= 15 is 0 Å². The summed E-state index contributed by atoms with van der Waals surface area (Å²) in [5.74, 6) is 0.684. The zero-order valence-corrected chi connectivity index (χ0v) is 15.3. The second kappa shape index (κ2) is 8.34. The third kappa shape index (κ3) is 6.00. The Morgan fingerprint density at radius 3 is 2.88 bits per heavy atom. The van der Waals surface area contributed by atoms with Crippen LogP contribution < -0.4 is 20.3 Å². The maximum Gasteiger partial charge on any atom is 0.208 e. The normalized spacial score (nSPS) is 19.4. The number of guanidine groups is 1. The smallest absolute Gasteiger partial charge is 0.208 e. The predicted molar refractivity (Wildman–Crippen MR) is 95.8 cm³/mol. The van der Waals surface area contributed by atoms with Crippen molar-refractivity contribution in [1.29, 1.82) is 0 Å². The molecule has 0 radical (unpaired) electrons. The van der Waals surface area contributed by atoms with E-state index in [1.807, 2.05) is 24.1 Å². The summed E-state index contributed by atoms with van der Waals surface area (Å²) in [5, 5.41) is 10.8. The van der Waals surface area contributed by atoms with Crippen LogP contribution in [-0.2, 0) is 17.1 Å². The average Bonchev–Trinajstić information content (AvgIpc) is 2.96. The van der Waals surface area contributed by atoms with Gasteiger partial charge in [-0.1, -0.05) is 0 Å². The van der Waals surface area contributed by atoms with Gasteiger partial charge < -0.3 is 15.5 Å². The number of nitrogens with one attached hydrogen (secondary N) is 3. The number of aryl methyl sites for hydroxylation is 1. The molecule has 136 valence electrons. The van der Waals surface area contributed by atoms with E-state index < -0.39 is 10.0 Å². The van der Waals surface area contributed by atoms with E-state index in [1.54, 1.807) is 7.05 Å². The largest absolute Gasteiger partial charge is 0.367 e. The zero-order chi connectivity index (χ0) is 17.6. The Balaban J connectivity index is 1.80. The highest BCUT2D eigenvalue weighted by Gasteiger charge is 2.21. The van der Waals surface area contributed by atoms with Crippen molar-refractivity contribution in [3.05, 3.63) is 12.4 Å². The van der Waals surface area contributed by atoms with Gasteiger partial charge in [-0.3, -0.25) is 9.67 Å². The minimum absolute atomic E-state index is 0.285. The van der Waals surface area contributed by atoms with Crippen molar-refractivity contribution in [1.82, 2.24) is 25.1 Å². The maximum atomic E-state index is 11.0. The third-order valence-corrected chi connectivity index (χ3v) is 4.55. The molecule has 1 aromatic heterocycles. The molecule has 0 saturated carbocycles. The van der Waals surface area contributed by atoms with Crippen molar-refractivity contribution in [2.75, 3.05) is 44.4 Å². The lowest BCUT2D eigenvalue weighted by Gasteiger charge is -2.34. The molecule has 0 amide bonds. The summed E-state index contributed by atoms with van der Waals surface area (Å²) in [5.41, 5.74) is 1.13. The van der Waals surface area contributed by atoms with Crippen molar-refractivity contribution in [3.8, 4) is 0 Å². The molecule has 1 aliphatic rings. The Labute approximate surface area is 143 Å². The number of hydrogen-bond donors (Lipinski definition) is 3. The Morgan fingerprint density at radius 1 is 1.46 bits per heavy atom. The lowest BCUT2D eigenvalue weighted by atomic mass is 10.1. The Bertz CT molecular complexity index is 656. The molecule has 1 saturated heterocycles. The van der Waals surface area contributed by atoms with Crippen LogP contribution in [0.1, 0.15) is 12.8 Å². The monoisotopic (exact) mass is 357 g/mol. The minimum atomic E-state index is -3.16. The minimum Gasteiger partial charge on any atom is -0.367 e. The molecule has 3 N–H and O–H groups in total. The highest BCUT2D eigenvalue weighted by Crippen LogP contribution is 2.18. The second-order valence-corrected chi connectivity index (χ2v) is 7.80. The van der Waals surface area contributed by atoms with Crippen LogP contribution in [0.15, 0.2) is 17.4 Å². The molecule has 0 bridgehead atoms. The fraction of sp³-hybridized carbons (Fsp3) is 0.714. The molecule has 1 unspecified atom stereocenters.